The van der Waals surface area contributed by atoms with E-state index in [-0.39, 0.29) is 17.9 Å². The van der Waals surface area contributed by atoms with Crippen LogP contribution in [-0.4, -0.2) is 24.4 Å². The molecule has 2 rings (SSSR count). The van der Waals surface area contributed by atoms with Gasteiger partial charge in [0, 0.05) is 13.0 Å². The smallest absolute Gasteiger partial charge is 0.261 e. The van der Waals surface area contributed by atoms with Crippen LogP contribution in [0.25, 0.3) is 0 Å². The molecular formula is C10H12N2O2S. The van der Waals surface area contributed by atoms with Crippen LogP contribution in [0.1, 0.15) is 21.7 Å². The molecular weight excluding hydrogens is 212 g/mol. The first-order chi connectivity index (χ1) is 7.15. The lowest BCUT2D eigenvalue weighted by molar-refractivity contribution is -0.119. The van der Waals surface area contributed by atoms with E-state index in [4.69, 9.17) is 0 Å². The Morgan fingerprint density at radius 1 is 1.67 bits per heavy atom. The minimum atomic E-state index is -0.0883. The van der Waals surface area contributed by atoms with E-state index in [9.17, 15) is 9.59 Å². The summed E-state index contributed by atoms with van der Waals surface area (Å²) in [6.07, 6.45) is 0.385. The number of hydrogen-bond donors (Lipinski definition) is 2. The molecule has 2 heterocycles. The summed E-state index contributed by atoms with van der Waals surface area (Å²) in [5, 5.41) is 7.45. The molecule has 2 amide bonds. The van der Waals surface area contributed by atoms with Crippen molar-refractivity contribution in [2.24, 2.45) is 0 Å². The fraction of sp³-hybridized carbons (Fsp3) is 0.400. The van der Waals surface area contributed by atoms with Crippen molar-refractivity contribution >= 4 is 23.2 Å². The summed E-state index contributed by atoms with van der Waals surface area (Å²) in [6, 6.07) is 1.79. The molecule has 1 aromatic heterocycles. The summed E-state index contributed by atoms with van der Waals surface area (Å²) in [5.74, 6) is -0.0859. The van der Waals surface area contributed by atoms with Gasteiger partial charge in [-0.15, -0.1) is 11.3 Å². The van der Waals surface area contributed by atoms with Gasteiger partial charge < -0.3 is 10.6 Å². The SMILES string of the molecule is Cc1csc(C(=O)N[C@H]2CNC(=O)C2)c1. The van der Waals surface area contributed by atoms with Gasteiger partial charge in [-0.05, 0) is 23.9 Å². The van der Waals surface area contributed by atoms with Crippen molar-refractivity contribution in [3.63, 3.8) is 0 Å². The molecule has 1 aliphatic heterocycles. The highest BCUT2D eigenvalue weighted by Crippen LogP contribution is 2.14. The predicted molar refractivity (Wildman–Crippen MR) is 57.9 cm³/mol. The Morgan fingerprint density at radius 3 is 3.00 bits per heavy atom. The third-order valence-electron chi connectivity index (χ3n) is 2.27. The van der Waals surface area contributed by atoms with Gasteiger partial charge in [-0.2, -0.15) is 0 Å². The van der Waals surface area contributed by atoms with E-state index in [0.29, 0.717) is 17.8 Å². The Bertz CT molecular complexity index is 400. The van der Waals surface area contributed by atoms with Crippen molar-refractivity contribution in [2.75, 3.05) is 6.54 Å². The van der Waals surface area contributed by atoms with Crippen molar-refractivity contribution < 1.29 is 9.59 Å². The van der Waals surface area contributed by atoms with Crippen LogP contribution in [0, 0.1) is 6.92 Å². The minimum Gasteiger partial charge on any atom is -0.354 e. The summed E-state index contributed by atoms with van der Waals surface area (Å²) >= 11 is 1.42. The molecule has 4 nitrogen and oxygen atoms in total. The second-order valence-corrected chi connectivity index (χ2v) is 4.58. The molecule has 0 radical (unpaired) electrons. The lowest BCUT2D eigenvalue weighted by Gasteiger charge is -2.08. The van der Waals surface area contributed by atoms with Gasteiger partial charge in [0.2, 0.25) is 5.91 Å². The van der Waals surface area contributed by atoms with E-state index in [2.05, 4.69) is 10.6 Å². The monoisotopic (exact) mass is 224 g/mol. The molecule has 0 unspecified atom stereocenters. The van der Waals surface area contributed by atoms with E-state index < -0.39 is 0 Å². The highest BCUT2D eigenvalue weighted by Gasteiger charge is 2.23. The first kappa shape index (κ1) is 10.2. The maximum atomic E-state index is 11.7. The van der Waals surface area contributed by atoms with Crippen LogP contribution in [-0.2, 0) is 4.79 Å². The predicted octanol–water partition coefficient (Wildman–Crippen LogP) is 0.675. The number of nitrogens with one attached hydrogen (secondary N) is 2. The maximum Gasteiger partial charge on any atom is 0.261 e. The van der Waals surface area contributed by atoms with E-state index >= 15 is 0 Å². The number of carbonyl (C=O) groups is 2. The lowest BCUT2D eigenvalue weighted by Crippen LogP contribution is -2.35. The second kappa shape index (κ2) is 4.02. The summed E-state index contributed by atoms with van der Waals surface area (Å²) < 4.78 is 0. The average Bonchev–Trinajstić information content (AvgIpc) is 2.75. The van der Waals surface area contributed by atoms with E-state index in [1.165, 1.54) is 11.3 Å². The second-order valence-electron chi connectivity index (χ2n) is 3.67. The molecule has 1 fully saturated rings. The average molecular weight is 224 g/mol. The van der Waals surface area contributed by atoms with Crippen LogP contribution < -0.4 is 10.6 Å². The third kappa shape index (κ3) is 2.36. The Balaban J connectivity index is 1.95. The number of thiophene rings is 1. The van der Waals surface area contributed by atoms with Crippen molar-refractivity contribution in [3.05, 3.63) is 21.9 Å². The van der Waals surface area contributed by atoms with Gasteiger partial charge in [-0.25, -0.2) is 0 Å². The maximum absolute atomic E-state index is 11.7. The van der Waals surface area contributed by atoms with E-state index in [1.54, 1.807) is 0 Å². The topological polar surface area (TPSA) is 58.2 Å². The highest BCUT2D eigenvalue weighted by molar-refractivity contribution is 7.12. The van der Waals surface area contributed by atoms with Gasteiger partial charge in [-0.3, -0.25) is 9.59 Å². The summed E-state index contributed by atoms with van der Waals surface area (Å²) in [6.45, 7) is 2.49. The van der Waals surface area contributed by atoms with Gasteiger partial charge >= 0.3 is 0 Å². The van der Waals surface area contributed by atoms with Gasteiger partial charge in [0.15, 0.2) is 0 Å². The zero-order chi connectivity index (χ0) is 10.8. The van der Waals surface area contributed by atoms with Crippen molar-refractivity contribution in [1.29, 1.82) is 0 Å². The van der Waals surface area contributed by atoms with Crippen LogP contribution in [0.5, 0.6) is 0 Å². The lowest BCUT2D eigenvalue weighted by atomic mass is 10.2. The third-order valence-corrected chi connectivity index (χ3v) is 3.31. The number of carbonyl (C=O) groups excluding carboxylic acids is 2. The largest absolute Gasteiger partial charge is 0.354 e. The molecule has 0 aromatic carbocycles. The van der Waals surface area contributed by atoms with Gasteiger partial charge in [0.25, 0.3) is 5.91 Å². The zero-order valence-electron chi connectivity index (χ0n) is 8.37. The summed E-state index contributed by atoms with van der Waals surface area (Å²) in [4.78, 5) is 23.3. The molecule has 1 atom stereocenters. The van der Waals surface area contributed by atoms with Gasteiger partial charge in [-0.1, -0.05) is 0 Å². The Hall–Kier alpha value is -1.36. The fourth-order valence-corrected chi connectivity index (χ4v) is 2.31. The molecule has 1 aromatic rings. The number of aryl methyl sites for hydroxylation is 1. The minimum absolute atomic E-state index is 0.00246. The first-order valence-electron chi connectivity index (χ1n) is 4.78. The molecule has 15 heavy (non-hydrogen) atoms. The number of hydrogen-bond acceptors (Lipinski definition) is 3. The van der Waals surface area contributed by atoms with Crippen molar-refractivity contribution in [1.82, 2.24) is 10.6 Å². The fourth-order valence-electron chi connectivity index (χ4n) is 1.51. The van der Waals surface area contributed by atoms with Crippen LogP contribution >= 0.6 is 11.3 Å². The molecule has 80 valence electrons. The molecule has 0 spiro atoms. The van der Waals surface area contributed by atoms with Crippen LogP contribution in [0.4, 0.5) is 0 Å². The zero-order valence-corrected chi connectivity index (χ0v) is 9.19. The molecule has 0 bridgehead atoms. The Kier molecular flexibility index (Phi) is 2.73. The highest BCUT2D eigenvalue weighted by atomic mass is 32.1. The van der Waals surface area contributed by atoms with Gasteiger partial charge in [0.05, 0.1) is 10.9 Å². The molecule has 0 saturated carbocycles. The molecule has 5 heteroatoms. The van der Waals surface area contributed by atoms with Crippen LogP contribution in [0.2, 0.25) is 0 Å². The number of rotatable bonds is 2. The Morgan fingerprint density at radius 2 is 2.47 bits per heavy atom. The standard InChI is InChI=1S/C10H12N2O2S/c1-6-2-8(15-5-6)10(14)12-7-3-9(13)11-4-7/h2,5,7H,3-4H2,1H3,(H,11,13)(H,12,14)/t7-/m1/s1. The molecule has 1 aliphatic rings. The molecule has 0 aliphatic carbocycles. The van der Waals surface area contributed by atoms with E-state index in [0.717, 1.165) is 5.56 Å². The summed E-state index contributed by atoms with van der Waals surface area (Å²) in [5.41, 5.74) is 1.09. The quantitative estimate of drug-likeness (QED) is 0.776. The van der Waals surface area contributed by atoms with Crippen LogP contribution in [0.15, 0.2) is 11.4 Å². The number of amides is 2. The van der Waals surface area contributed by atoms with Crippen LogP contribution in [0.3, 0.4) is 0 Å². The van der Waals surface area contributed by atoms with Gasteiger partial charge in [0.1, 0.15) is 0 Å². The van der Waals surface area contributed by atoms with Crippen molar-refractivity contribution in [2.45, 2.75) is 19.4 Å². The van der Waals surface area contributed by atoms with Crippen molar-refractivity contribution in [3.8, 4) is 0 Å². The molecule has 1 saturated heterocycles. The Labute approximate surface area is 91.7 Å². The van der Waals surface area contributed by atoms with E-state index in [1.807, 2.05) is 18.4 Å². The normalized spacial score (nSPS) is 20.1. The summed E-state index contributed by atoms with van der Waals surface area (Å²) in [7, 11) is 0. The first-order valence-corrected chi connectivity index (χ1v) is 5.66. The molecule has 2 N–H and O–H groups in total.